The van der Waals surface area contributed by atoms with E-state index < -0.39 is 0 Å². The summed E-state index contributed by atoms with van der Waals surface area (Å²) in [6.07, 6.45) is 1.07. The Labute approximate surface area is 157 Å². The first kappa shape index (κ1) is 16.9. The number of nitrogens with zero attached hydrogens (tertiary/aromatic N) is 3. The smallest absolute Gasteiger partial charge is 0.236 e. The number of halogens is 1. The monoisotopic (exact) mass is 375 g/mol. The van der Waals surface area contributed by atoms with Crippen molar-refractivity contribution in [1.82, 2.24) is 9.80 Å². The van der Waals surface area contributed by atoms with Gasteiger partial charge in [-0.15, -0.1) is 11.3 Å². The second kappa shape index (κ2) is 7.36. The first-order valence-electron chi connectivity index (χ1n) is 8.75. The highest BCUT2D eigenvalue weighted by molar-refractivity contribution is 7.10. The van der Waals surface area contributed by atoms with Crippen LogP contribution >= 0.6 is 22.9 Å². The number of rotatable bonds is 3. The van der Waals surface area contributed by atoms with E-state index in [0.717, 1.165) is 56.4 Å². The predicted molar refractivity (Wildman–Crippen MR) is 104 cm³/mol. The number of piperazine rings is 1. The van der Waals surface area contributed by atoms with Crippen molar-refractivity contribution in [3.63, 3.8) is 0 Å². The molecule has 0 bridgehead atoms. The lowest BCUT2D eigenvalue weighted by Crippen LogP contribution is -2.51. The van der Waals surface area contributed by atoms with Crippen LogP contribution in [0.25, 0.3) is 0 Å². The summed E-state index contributed by atoms with van der Waals surface area (Å²) < 4.78 is 0. The first-order valence-corrected chi connectivity index (χ1v) is 10.0. The third kappa shape index (κ3) is 3.84. The minimum absolute atomic E-state index is 0.254. The summed E-state index contributed by atoms with van der Waals surface area (Å²) in [5, 5.41) is 2.92. The van der Waals surface area contributed by atoms with E-state index in [2.05, 4.69) is 27.3 Å². The van der Waals surface area contributed by atoms with Crippen molar-refractivity contribution in [2.75, 3.05) is 44.2 Å². The maximum absolute atomic E-state index is 12.7. The fourth-order valence-corrected chi connectivity index (χ4v) is 4.69. The Bertz CT molecular complexity index is 755. The number of amides is 1. The number of fused-ring (bicyclic) bond motifs is 1. The maximum Gasteiger partial charge on any atom is 0.236 e. The van der Waals surface area contributed by atoms with Gasteiger partial charge in [0.25, 0.3) is 0 Å². The average Bonchev–Trinajstić information content (AvgIpc) is 3.09. The average molecular weight is 376 g/mol. The number of hydrogen-bond donors (Lipinski definition) is 0. The van der Waals surface area contributed by atoms with Gasteiger partial charge >= 0.3 is 0 Å². The molecule has 2 aliphatic rings. The SMILES string of the molecule is O=C(CN1CCc2sccc2C1)N1CCN(c2cccc(Cl)c2)CC1. The molecule has 4 nitrogen and oxygen atoms in total. The maximum atomic E-state index is 12.7. The Balaban J connectivity index is 1.30. The van der Waals surface area contributed by atoms with Crippen LogP contribution in [0.15, 0.2) is 35.7 Å². The molecule has 4 rings (SSSR count). The Morgan fingerprint density at radius 1 is 1.12 bits per heavy atom. The van der Waals surface area contributed by atoms with Crippen molar-refractivity contribution in [2.24, 2.45) is 0 Å². The van der Waals surface area contributed by atoms with E-state index in [1.165, 1.54) is 10.4 Å². The standard InChI is InChI=1S/C19H22ClN3OS/c20-16-2-1-3-17(12-16)22-7-9-23(10-8-22)19(24)14-21-6-4-18-15(13-21)5-11-25-18/h1-3,5,11-12H,4,6-10,13-14H2. The first-order chi connectivity index (χ1) is 12.2. The van der Waals surface area contributed by atoms with Crippen LogP contribution in [0.5, 0.6) is 0 Å². The Hall–Kier alpha value is -1.56. The number of carbonyl (C=O) groups is 1. The highest BCUT2D eigenvalue weighted by Gasteiger charge is 2.25. The predicted octanol–water partition coefficient (Wildman–Crippen LogP) is 3.11. The summed E-state index contributed by atoms with van der Waals surface area (Å²) in [4.78, 5) is 20.7. The lowest BCUT2D eigenvalue weighted by Gasteiger charge is -2.37. The van der Waals surface area contributed by atoms with Gasteiger partial charge in [0.2, 0.25) is 5.91 Å². The molecule has 0 unspecified atom stereocenters. The van der Waals surface area contributed by atoms with Gasteiger partial charge in [0, 0.05) is 54.9 Å². The van der Waals surface area contributed by atoms with Crippen LogP contribution in [-0.4, -0.2) is 55.0 Å². The van der Waals surface area contributed by atoms with Gasteiger partial charge in [0.1, 0.15) is 0 Å². The van der Waals surface area contributed by atoms with Crippen molar-refractivity contribution in [3.05, 3.63) is 51.2 Å². The highest BCUT2D eigenvalue weighted by atomic mass is 35.5. The summed E-state index contributed by atoms with van der Waals surface area (Å²) in [5.41, 5.74) is 2.54. The van der Waals surface area contributed by atoms with Gasteiger partial charge in [-0.3, -0.25) is 9.69 Å². The largest absolute Gasteiger partial charge is 0.368 e. The fraction of sp³-hybridized carbons (Fsp3) is 0.421. The van der Waals surface area contributed by atoms with Crippen molar-refractivity contribution >= 4 is 34.5 Å². The highest BCUT2D eigenvalue weighted by Crippen LogP contribution is 2.24. The topological polar surface area (TPSA) is 26.8 Å². The molecule has 1 aromatic carbocycles. The van der Waals surface area contributed by atoms with E-state index in [0.29, 0.717) is 6.54 Å². The van der Waals surface area contributed by atoms with Crippen LogP contribution in [0.1, 0.15) is 10.4 Å². The normalized spacial score (nSPS) is 18.3. The molecule has 0 aliphatic carbocycles. The van der Waals surface area contributed by atoms with Gasteiger partial charge < -0.3 is 9.80 Å². The second-order valence-corrected chi connectivity index (χ2v) is 8.11. The molecule has 1 fully saturated rings. The Morgan fingerprint density at radius 3 is 2.76 bits per heavy atom. The van der Waals surface area contributed by atoms with Gasteiger partial charge in [-0.1, -0.05) is 17.7 Å². The zero-order valence-corrected chi connectivity index (χ0v) is 15.7. The molecule has 25 heavy (non-hydrogen) atoms. The molecule has 0 radical (unpaired) electrons. The van der Waals surface area contributed by atoms with Crippen LogP contribution in [0, 0.1) is 0 Å². The number of thiophene rings is 1. The molecule has 1 saturated heterocycles. The second-order valence-electron chi connectivity index (χ2n) is 6.68. The van der Waals surface area contributed by atoms with E-state index in [9.17, 15) is 4.79 Å². The zero-order valence-electron chi connectivity index (χ0n) is 14.2. The molecular weight excluding hydrogens is 354 g/mol. The van der Waals surface area contributed by atoms with E-state index in [4.69, 9.17) is 11.6 Å². The summed E-state index contributed by atoms with van der Waals surface area (Å²) in [6, 6.07) is 10.1. The Morgan fingerprint density at radius 2 is 1.96 bits per heavy atom. The number of anilines is 1. The number of hydrogen-bond acceptors (Lipinski definition) is 4. The Kier molecular flexibility index (Phi) is 4.97. The molecular formula is C19H22ClN3OS. The minimum Gasteiger partial charge on any atom is -0.368 e. The van der Waals surface area contributed by atoms with Crippen molar-refractivity contribution in [1.29, 1.82) is 0 Å². The van der Waals surface area contributed by atoms with Crippen LogP contribution in [0.3, 0.4) is 0 Å². The molecule has 0 spiro atoms. The van der Waals surface area contributed by atoms with Gasteiger partial charge in [0.15, 0.2) is 0 Å². The van der Waals surface area contributed by atoms with E-state index in [1.54, 1.807) is 0 Å². The fourth-order valence-electron chi connectivity index (χ4n) is 3.62. The lowest BCUT2D eigenvalue weighted by molar-refractivity contribution is -0.132. The van der Waals surface area contributed by atoms with Crippen molar-refractivity contribution < 1.29 is 4.79 Å². The summed E-state index contributed by atoms with van der Waals surface area (Å²) in [6.45, 7) is 5.72. The molecule has 2 aromatic rings. The molecule has 1 aromatic heterocycles. The van der Waals surface area contributed by atoms with Crippen molar-refractivity contribution in [2.45, 2.75) is 13.0 Å². The van der Waals surface area contributed by atoms with Crippen molar-refractivity contribution in [3.8, 4) is 0 Å². The van der Waals surface area contributed by atoms with Crippen LogP contribution < -0.4 is 4.90 Å². The molecule has 2 aliphatic heterocycles. The molecule has 1 amide bonds. The quantitative estimate of drug-likeness (QED) is 0.824. The van der Waals surface area contributed by atoms with Gasteiger partial charge in [0.05, 0.1) is 6.54 Å². The molecule has 0 N–H and O–H groups in total. The molecule has 132 valence electrons. The van der Waals surface area contributed by atoms with E-state index in [-0.39, 0.29) is 5.91 Å². The summed E-state index contributed by atoms with van der Waals surface area (Å²) in [5.74, 6) is 0.254. The molecule has 0 saturated carbocycles. The number of carbonyl (C=O) groups excluding carboxylic acids is 1. The summed E-state index contributed by atoms with van der Waals surface area (Å²) >= 11 is 7.92. The third-order valence-electron chi connectivity index (χ3n) is 5.05. The molecule has 6 heteroatoms. The minimum atomic E-state index is 0.254. The summed E-state index contributed by atoms with van der Waals surface area (Å²) in [7, 11) is 0. The third-order valence-corrected chi connectivity index (χ3v) is 6.31. The number of benzene rings is 1. The van der Waals surface area contributed by atoms with Gasteiger partial charge in [-0.2, -0.15) is 0 Å². The van der Waals surface area contributed by atoms with Crippen LogP contribution in [-0.2, 0) is 17.8 Å². The van der Waals surface area contributed by atoms with Gasteiger partial charge in [-0.25, -0.2) is 0 Å². The van der Waals surface area contributed by atoms with Gasteiger partial charge in [-0.05, 0) is 41.6 Å². The molecule has 3 heterocycles. The lowest BCUT2D eigenvalue weighted by atomic mass is 10.1. The van der Waals surface area contributed by atoms with Crippen LogP contribution in [0.2, 0.25) is 5.02 Å². The zero-order chi connectivity index (χ0) is 17.2. The van der Waals surface area contributed by atoms with E-state index in [1.807, 2.05) is 34.4 Å². The van der Waals surface area contributed by atoms with Crippen LogP contribution in [0.4, 0.5) is 5.69 Å². The molecule has 0 atom stereocenters. The van der Waals surface area contributed by atoms with E-state index >= 15 is 0 Å².